The van der Waals surface area contributed by atoms with Crippen LogP contribution in [-0.2, 0) is 14.8 Å². The van der Waals surface area contributed by atoms with Gasteiger partial charge in [-0.25, -0.2) is 8.42 Å². The predicted molar refractivity (Wildman–Crippen MR) is 104 cm³/mol. The Labute approximate surface area is 155 Å². The third-order valence-electron chi connectivity index (χ3n) is 4.92. The minimum atomic E-state index is -3.69. The van der Waals surface area contributed by atoms with Crippen LogP contribution in [0.5, 0.6) is 0 Å². The highest BCUT2D eigenvalue weighted by Crippen LogP contribution is 2.29. The molecule has 138 valence electrons. The second kappa shape index (κ2) is 7.11. The fourth-order valence-corrected chi connectivity index (χ4v) is 4.62. The summed E-state index contributed by atoms with van der Waals surface area (Å²) in [5.74, 6) is 0.0916. The van der Waals surface area contributed by atoms with Gasteiger partial charge in [-0.3, -0.25) is 9.52 Å². The van der Waals surface area contributed by atoms with Gasteiger partial charge in [0.15, 0.2) is 0 Å². The van der Waals surface area contributed by atoms with E-state index in [-0.39, 0.29) is 10.8 Å². The zero-order chi connectivity index (χ0) is 18.9. The van der Waals surface area contributed by atoms with Crippen molar-refractivity contribution in [1.82, 2.24) is 0 Å². The van der Waals surface area contributed by atoms with Crippen molar-refractivity contribution in [1.29, 1.82) is 0 Å². The van der Waals surface area contributed by atoms with Crippen LogP contribution in [0, 0.1) is 20.8 Å². The first-order chi connectivity index (χ1) is 12.3. The second-order valence-electron chi connectivity index (χ2n) is 6.81. The molecule has 5 nitrogen and oxygen atoms in total. The van der Waals surface area contributed by atoms with E-state index in [1.54, 1.807) is 36.1 Å². The molecule has 1 heterocycles. The van der Waals surface area contributed by atoms with Crippen LogP contribution in [0.25, 0.3) is 0 Å². The molecule has 1 N–H and O–H groups in total. The van der Waals surface area contributed by atoms with Crippen molar-refractivity contribution in [2.24, 2.45) is 0 Å². The molecule has 6 heteroatoms. The summed E-state index contributed by atoms with van der Waals surface area (Å²) >= 11 is 0. The molecule has 0 saturated carbocycles. The summed E-state index contributed by atoms with van der Waals surface area (Å²) in [7, 11) is -3.69. The van der Waals surface area contributed by atoms with E-state index in [0.717, 1.165) is 35.2 Å². The Hall–Kier alpha value is -2.34. The Morgan fingerprint density at radius 3 is 2.50 bits per heavy atom. The van der Waals surface area contributed by atoms with Crippen LogP contribution in [0.2, 0.25) is 0 Å². The highest BCUT2D eigenvalue weighted by molar-refractivity contribution is 7.92. The van der Waals surface area contributed by atoms with Crippen LogP contribution >= 0.6 is 0 Å². The molecule has 2 aromatic rings. The molecule has 1 aliphatic rings. The molecule has 2 aromatic carbocycles. The Balaban J connectivity index is 1.94. The summed E-state index contributed by atoms with van der Waals surface area (Å²) in [5.41, 5.74) is 3.85. The number of anilines is 2. The largest absolute Gasteiger partial charge is 0.312 e. The molecular weight excluding hydrogens is 348 g/mol. The van der Waals surface area contributed by atoms with Crippen LogP contribution in [0.1, 0.15) is 36.0 Å². The normalized spacial score (nSPS) is 15.2. The van der Waals surface area contributed by atoms with Crippen molar-refractivity contribution in [2.75, 3.05) is 16.2 Å². The lowest BCUT2D eigenvalue weighted by Crippen LogP contribution is -2.35. The third-order valence-corrected chi connectivity index (χ3v) is 6.45. The number of carbonyl (C=O) groups excluding carboxylic acids is 1. The number of hydrogen-bond acceptors (Lipinski definition) is 3. The van der Waals surface area contributed by atoms with E-state index in [9.17, 15) is 13.2 Å². The van der Waals surface area contributed by atoms with Gasteiger partial charge in [-0.2, -0.15) is 0 Å². The molecule has 0 bridgehead atoms. The zero-order valence-corrected chi connectivity index (χ0v) is 16.2. The van der Waals surface area contributed by atoms with Crippen LogP contribution in [0.3, 0.4) is 0 Å². The van der Waals surface area contributed by atoms with E-state index < -0.39 is 10.0 Å². The van der Waals surface area contributed by atoms with Gasteiger partial charge < -0.3 is 4.90 Å². The molecule has 26 heavy (non-hydrogen) atoms. The average Bonchev–Trinajstić information content (AvgIpc) is 2.59. The third kappa shape index (κ3) is 3.60. The lowest BCUT2D eigenvalue weighted by molar-refractivity contribution is -0.119. The fourth-order valence-electron chi connectivity index (χ4n) is 3.25. The van der Waals surface area contributed by atoms with Crippen LogP contribution in [0.4, 0.5) is 11.4 Å². The van der Waals surface area contributed by atoms with Gasteiger partial charge in [-0.1, -0.05) is 18.2 Å². The summed E-state index contributed by atoms with van der Waals surface area (Å²) in [5, 5.41) is 0. The first kappa shape index (κ1) is 18.5. The molecule has 0 radical (unpaired) electrons. The van der Waals surface area contributed by atoms with E-state index in [1.807, 2.05) is 26.0 Å². The van der Waals surface area contributed by atoms with Crippen molar-refractivity contribution in [3.63, 3.8) is 0 Å². The van der Waals surface area contributed by atoms with Crippen molar-refractivity contribution in [3.05, 3.63) is 53.1 Å². The lowest BCUT2D eigenvalue weighted by Gasteiger charge is -2.28. The Morgan fingerprint density at radius 1 is 1.00 bits per heavy atom. The topological polar surface area (TPSA) is 66.5 Å². The number of nitrogens with one attached hydrogen (secondary N) is 1. The van der Waals surface area contributed by atoms with E-state index >= 15 is 0 Å². The van der Waals surface area contributed by atoms with Gasteiger partial charge in [-0.05, 0) is 68.5 Å². The Morgan fingerprint density at radius 2 is 1.77 bits per heavy atom. The van der Waals surface area contributed by atoms with Gasteiger partial charge in [-0.15, -0.1) is 0 Å². The van der Waals surface area contributed by atoms with Crippen LogP contribution < -0.4 is 9.62 Å². The molecule has 1 saturated heterocycles. The SMILES string of the molecule is Cc1ccc(NS(=O)(=O)c2cccc(C)c2C)cc1N1CCCCC1=O. The smallest absolute Gasteiger partial charge is 0.262 e. The number of piperidine rings is 1. The number of sulfonamides is 1. The molecule has 0 spiro atoms. The van der Waals surface area contributed by atoms with Gasteiger partial charge in [0, 0.05) is 18.7 Å². The summed E-state index contributed by atoms with van der Waals surface area (Å²) in [6.07, 6.45) is 2.41. The molecule has 1 amide bonds. The maximum absolute atomic E-state index is 12.8. The molecule has 0 aromatic heterocycles. The number of nitrogens with zero attached hydrogens (tertiary/aromatic N) is 1. The number of carbonyl (C=O) groups is 1. The summed E-state index contributed by atoms with van der Waals surface area (Å²) in [6.45, 7) is 6.30. The quantitative estimate of drug-likeness (QED) is 0.884. The Bertz CT molecular complexity index is 952. The molecule has 1 aliphatic heterocycles. The molecule has 3 rings (SSSR count). The number of rotatable bonds is 4. The molecule has 1 fully saturated rings. The van der Waals surface area contributed by atoms with Crippen LogP contribution in [-0.4, -0.2) is 20.9 Å². The highest BCUT2D eigenvalue weighted by Gasteiger charge is 2.23. The van der Waals surface area contributed by atoms with E-state index in [0.29, 0.717) is 18.7 Å². The fraction of sp³-hybridized carbons (Fsp3) is 0.350. The molecule has 0 unspecified atom stereocenters. The minimum absolute atomic E-state index is 0.0916. The molecule has 0 aliphatic carbocycles. The van der Waals surface area contributed by atoms with Crippen molar-refractivity contribution in [2.45, 2.75) is 44.9 Å². The van der Waals surface area contributed by atoms with E-state index in [1.165, 1.54) is 0 Å². The number of benzene rings is 2. The van der Waals surface area contributed by atoms with Gasteiger partial charge in [0.25, 0.3) is 10.0 Å². The predicted octanol–water partition coefficient (Wildman–Crippen LogP) is 3.93. The van der Waals surface area contributed by atoms with Gasteiger partial charge in [0.1, 0.15) is 0 Å². The summed E-state index contributed by atoms with van der Waals surface area (Å²) in [4.78, 5) is 14.3. The number of aryl methyl sites for hydroxylation is 2. The van der Waals surface area contributed by atoms with E-state index in [2.05, 4.69) is 4.72 Å². The molecule has 0 atom stereocenters. The minimum Gasteiger partial charge on any atom is -0.312 e. The lowest BCUT2D eigenvalue weighted by atomic mass is 10.1. The Kier molecular flexibility index (Phi) is 5.05. The number of hydrogen-bond donors (Lipinski definition) is 1. The maximum Gasteiger partial charge on any atom is 0.262 e. The maximum atomic E-state index is 12.8. The standard InChI is InChI=1S/C20H24N2O3S/c1-14-7-6-8-19(16(14)3)26(24,25)21-17-11-10-15(2)18(13-17)22-12-5-4-9-20(22)23/h6-8,10-11,13,21H,4-5,9,12H2,1-3H3. The van der Waals surface area contributed by atoms with Crippen molar-refractivity contribution in [3.8, 4) is 0 Å². The average molecular weight is 372 g/mol. The summed E-state index contributed by atoms with van der Waals surface area (Å²) < 4.78 is 28.3. The van der Waals surface area contributed by atoms with Crippen molar-refractivity contribution >= 4 is 27.3 Å². The van der Waals surface area contributed by atoms with Gasteiger partial charge >= 0.3 is 0 Å². The van der Waals surface area contributed by atoms with Gasteiger partial charge in [0.05, 0.1) is 10.6 Å². The van der Waals surface area contributed by atoms with Gasteiger partial charge in [0.2, 0.25) is 5.91 Å². The summed E-state index contributed by atoms with van der Waals surface area (Å²) in [6, 6.07) is 10.6. The zero-order valence-electron chi connectivity index (χ0n) is 15.4. The van der Waals surface area contributed by atoms with Crippen LogP contribution in [0.15, 0.2) is 41.3 Å². The first-order valence-electron chi connectivity index (χ1n) is 8.79. The first-order valence-corrected chi connectivity index (χ1v) is 10.3. The number of amides is 1. The highest BCUT2D eigenvalue weighted by atomic mass is 32.2. The monoisotopic (exact) mass is 372 g/mol. The van der Waals surface area contributed by atoms with Crippen molar-refractivity contribution < 1.29 is 13.2 Å². The molecular formula is C20H24N2O3S. The van der Waals surface area contributed by atoms with E-state index in [4.69, 9.17) is 0 Å². The second-order valence-corrected chi connectivity index (χ2v) is 8.46.